The molecule has 1 aliphatic rings. The van der Waals surface area contributed by atoms with Crippen LogP contribution in [0.4, 0.5) is 5.69 Å². The van der Waals surface area contributed by atoms with Gasteiger partial charge in [-0.25, -0.2) is 9.78 Å². The maximum atomic E-state index is 12.0. The van der Waals surface area contributed by atoms with Crippen molar-refractivity contribution in [1.82, 2.24) is 14.9 Å². The highest BCUT2D eigenvalue weighted by molar-refractivity contribution is 5.96. The monoisotopic (exact) mass is 268 g/mol. The van der Waals surface area contributed by atoms with Crippen LogP contribution in [0.5, 0.6) is 0 Å². The molecule has 1 heterocycles. The third-order valence-electron chi connectivity index (χ3n) is 3.10. The molecule has 1 aliphatic carbocycles. The Morgan fingerprint density at radius 3 is 2.95 bits per heavy atom. The zero-order valence-corrected chi connectivity index (χ0v) is 10.6. The Balaban J connectivity index is 1.96. The molecule has 0 unspecified atom stereocenters. The van der Waals surface area contributed by atoms with Gasteiger partial charge < -0.3 is 9.88 Å². The Morgan fingerprint density at radius 2 is 2.30 bits per heavy atom. The fraction of sp³-hybridized carbons (Fsp3) is 0.214. The largest absolute Gasteiger partial charge is 0.349 e. The van der Waals surface area contributed by atoms with Gasteiger partial charge in [0.2, 0.25) is 6.08 Å². The SMILES string of the molecule is O=C=Nc1cc(C(=O)NC2CC2)ccc1-n1ccnc1. The molecule has 0 atom stereocenters. The van der Waals surface area contributed by atoms with E-state index in [-0.39, 0.29) is 11.9 Å². The van der Waals surface area contributed by atoms with Gasteiger partial charge in [0, 0.05) is 24.0 Å². The van der Waals surface area contributed by atoms with E-state index >= 15 is 0 Å². The lowest BCUT2D eigenvalue weighted by atomic mass is 10.1. The van der Waals surface area contributed by atoms with Gasteiger partial charge >= 0.3 is 0 Å². The third kappa shape index (κ3) is 2.50. The lowest BCUT2D eigenvalue weighted by Gasteiger charge is -2.08. The molecule has 1 amide bonds. The number of nitrogens with zero attached hydrogens (tertiary/aromatic N) is 3. The van der Waals surface area contributed by atoms with Crippen molar-refractivity contribution in [3.8, 4) is 5.69 Å². The van der Waals surface area contributed by atoms with Crippen molar-refractivity contribution in [3.63, 3.8) is 0 Å². The second-order valence-corrected chi connectivity index (χ2v) is 4.62. The first-order valence-corrected chi connectivity index (χ1v) is 6.29. The second kappa shape index (κ2) is 5.11. The van der Waals surface area contributed by atoms with Gasteiger partial charge in [0.05, 0.1) is 12.0 Å². The van der Waals surface area contributed by atoms with Crippen molar-refractivity contribution in [2.45, 2.75) is 18.9 Å². The molecule has 0 spiro atoms. The quantitative estimate of drug-likeness (QED) is 0.677. The summed E-state index contributed by atoms with van der Waals surface area (Å²) in [6.45, 7) is 0. The molecule has 1 aromatic carbocycles. The first kappa shape index (κ1) is 12.3. The van der Waals surface area contributed by atoms with E-state index in [1.807, 2.05) is 0 Å². The van der Waals surface area contributed by atoms with Crippen LogP contribution in [0.3, 0.4) is 0 Å². The van der Waals surface area contributed by atoms with E-state index in [1.54, 1.807) is 41.5 Å². The molecular formula is C14H12N4O2. The highest BCUT2D eigenvalue weighted by Gasteiger charge is 2.24. The number of carbonyl (C=O) groups excluding carboxylic acids is 2. The van der Waals surface area contributed by atoms with Crippen LogP contribution in [0.15, 0.2) is 41.9 Å². The number of rotatable bonds is 4. The molecule has 6 nitrogen and oxygen atoms in total. The van der Waals surface area contributed by atoms with Gasteiger partial charge in [0.25, 0.3) is 5.91 Å². The minimum absolute atomic E-state index is 0.146. The standard InChI is InChI=1S/C14H12N4O2/c19-9-16-12-7-10(14(20)17-11-2-3-11)1-4-13(12)18-6-5-15-8-18/h1,4-8,11H,2-3H2,(H,17,20). The summed E-state index contributed by atoms with van der Waals surface area (Å²) < 4.78 is 1.72. The second-order valence-electron chi connectivity index (χ2n) is 4.62. The van der Waals surface area contributed by atoms with E-state index < -0.39 is 0 Å². The number of isocyanates is 1. The lowest BCUT2D eigenvalue weighted by Crippen LogP contribution is -2.25. The first-order valence-electron chi connectivity index (χ1n) is 6.29. The minimum Gasteiger partial charge on any atom is -0.349 e. The number of imidazole rings is 1. The summed E-state index contributed by atoms with van der Waals surface area (Å²) in [7, 11) is 0. The molecule has 1 aromatic heterocycles. The van der Waals surface area contributed by atoms with Gasteiger partial charge in [-0.2, -0.15) is 4.99 Å². The predicted octanol–water partition coefficient (Wildman–Crippen LogP) is 1.73. The maximum absolute atomic E-state index is 12.0. The van der Waals surface area contributed by atoms with Gasteiger partial charge in [-0.3, -0.25) is 4.79 Å². The van der Waals surface area contributed by atoms with Crippen molar-refractivity contribution in [2.24, 2.45) is 4.99 Å². The average Bonchev–Trinajstić information content (AvgIpc) is 3.10. The molecule has 100 valence electrons. The summed E-state index contributed by atoms with van der Waals surface area (Å²) in [6, 6.07) is 5.31. The zero-order valence-electron chi connectivity index (χ0n) is 10.6. The van der Waals surface area contributed by atoms with Gasteiger partial charge in [0.1, 0.15) is 5.69 Å². The van der Waals surface area contributed by atoms with Gasteiger partial charge in [0.15, 0.2) is 0 Å². The molecule has 0 bridgehead atoms. The highest BCUT2D eigenvalue weighted by atomic mass is 16.1. The molecule has 1 fully saturated rings. The Hall–Kier alpha value is -2.72. The van der Waals surface area contributed by atoms with Crippen LogP contribution in [0, 0.1) is 0 Å². The Bertz CT molecular complexity index is 683. The zero-order chi connectivity index (χ0) is 13.9. The van der Waals surface area contributed by atoms with Crippen molar-refractivity contribution >= 4 is 17.7 Å². The van der Waals surface area contributed by atoms with E-state index in [1.165, 1.54) is 6.08 Å². The molecule has 1 saturated carbocycles. The molecule has 2 aromatic rings. The topological polar surface area (TPSA) is 76.3 Å². The number of hydrogen-bond acceptors (Lipinski definition) is 4. The first-order chi connectivity index (χ1) is 9.78. The van der Waals surface area contributed by atoms with Crippen molar-refractivity contribution in [2.75, 3.05) is 0 Å². The number of aromatic nitrogens is 2. The van der Waals surface area contributed by atoms with E-state index in [0.29, 0.717) is 16.9 Å². The van der Waals surface area contributed by atoms with Gasteiger partial charge in [-0.1, -0.05) is 0 Å². The maximum Gasteiger partial charge on any atom is 0.251 e. The van der Waals surface area contributed by atoms with Crippen LogP contribution in [0.25, 0.3) is 5.69 Å². The number of nitrogens with one attached hydrogen (secondary N) is 1. The summed E-state index contributed by atoms with van der Waals surface area (Å²) >= 11 is 0. The predicted molar refractivity (Wildman–Crippen MR) is 71.8 cm³/mol. The fourth-order valence-electron chi connectivity index (χ4n) is 1.92. The van der Waals surface area contributed by atoms with Crippen LogP contribution < -0.4 is 5.32 Å². The molecule has 0 saturated heterocycles. The summed E-state index contributed by atoms with van der Waals surface area (Å²) in [5, 5.41) is 2.90. The van der Waals surface area contributed by atoms with Crippen LogP contribution in [0.2, 0.25) is 0 Å². The summed E-state index contributed by atoms with van der Waals surface area (Å²) in [5.74, 6) is -0.146. The average molecular weight is 268 g/mol. The van der Waals surface area contributed by atoms with Crippen LogP contribution >= 0.6 is 0 Å². The number of amides is 1. The summed E-state index contributed by atoms with van der Waals surface area (Å²) in [5.41, 5.74) is 1.55. The Morgan fingerprint density at radius 1 is 1.45 bits per heavy atom. The Kier molecular flexibility index (Phi) is 3.15. The smallest absolute Gasteiger partial charge is 0.251 e. The molecule has 6 heteroatoms. The van der Waals surface area contributed by atoms with E-state index in [9.17, 15) is 9.59 Å². The van der Waals surface area contributed by atoms with E-state index in [0.717, 1.165) is 12.8 Å². The summed E-state index contributed by atoms with van der Waals surface area (Å²) in [6.07, 6.45) is 8.53. The normalized spacial score (nSPS) is 13.6. The van der Waals surface area contributed by atoms with E-state index in [4.69, 9.17) is 0 Å². The molecule has 1 N–H and O–H groups in total. The van der Waals surface area contributed by atoms with Crippen molar-refractivity contribution < 1.29 is 9.59 Å². The van der Waals surface area contributed by atoms with Gasteiger partial charge in [-0.15, -0.1) is 0 Å². The van der Waals surface area contributed by atoms with Crippen LogP contribution in [-0.2, 0) is 4.79 Å². The fourth-order valence-corrected chi connectivity index (χ4v) is 1.92. The highest BCUT2D eigenvalue weighted by Crippen LogP contribution is 2.25. The van der Waals surface area contributed by atoms with Crippen LogP contribution in [0.1, 0.15) is 23.2 Å². The summed E-state index contributed by atoms with van der Waals surface area (Å²) in [4.78, 5) is 30.1. The Labute approximate surface area is 115 Å². The third-order valence-corrected chi connectivity index (χ3v) is 3.10. The van der Waals surface area contributed by atoms with Crippen molar-refractivity contribution in [3.05, 3.63) is 42.5 Å². The lowest BCUT2D eigenvalue weighted by molar-refractivity contribution is 0.0951. The van der Waals surface area contributed by atoms with E-state index in [2.05, 4.69) is 15.3 Å². The number of hydrogen-bond donors (Lipinski definition) is 1. The molecule has 0 radical (unpaired) electrons. The van der Waals surface area contributed by atoms with Crippen LogP contribution in [-0.4, -0.2) is 27.6 Å². The van der Waals surface area contributed by atoms with Crippen molar-refractivity contribution in [1.29, 1.82) is 0 Å². The minimum atomic E-state index is -0.146. The number of benzene rings is 1. The molecular weight excluding hydrogens is 256 g/mol. The number of carbonyl (C=O) groups is 1. The number of aliphatic imine (C=N–C) groups is 1. The molecule has 20 heavy (non-hydrogen) atoms. The molecule has 3 rings (SSSR count). The molecule has 0 aliphatic heterocycles. The van der Waals surface area contributed by atoms with Gasteiger partial charge in [-0.05, 0) is 31.0 Å².